The number of aliphatic hydroxyl groups is 2. The average molecular weight is 297 g/mol. The first kappa shape index (κ1) is 17.7. The molecule has 0 aromatic rings. The van der Waals surface area contributed by atoms with Crippen LogP contribution in [0.5, 0.6) is 0 Å². The smallest absolute Gasteiger partial charge is 0.395 e. The molecule has 0 radical (unpaired) electrons. The summed E-state index contributed by atoms with van der Waals surface area (Å²) >= 11 is 0. The summed E-state index contributed by atoms with van der Waals surface area (Å²) in [5.74, 6) is 0.814. The molecule has 1 aliphatic rings. The number of halogens is 3. The van der Waals surface area contributed by atoms with Crippen molar-refractivity contribution in [2.45, 2.75) is 45.4 Å². The molecule has 3 unspecified atom stereocenters. The van der Waals surface area contributed by atoms with Crippen molar-refractivity contribution in [3.8, 4) is 0 Å². The highest BCUT2D eigenvalue weighted by molar-refractivity contribution is 4.83. The van der Waals surface area contributed by atoms with E-state index in [1.807, 2.05) is 0 Å². The quantitative estimate of drug-likeness (QED) is 0.790. The largest absolute Gasteiger partial charge is 0.401 e. The van der Waals surface area contributed by atoms with Gasteiger partial charge in [0.2, 0.25) is 0 Å². The van der Waals surface area contributed by atoms with Gasteiger partial charge in [-0.3, -0.25) is 4.90 Å². The summed E-state index contributed by atoms with van der Waals surface area (Å²) in [7, 11) is 0. The SMILES string of the molecule is CC(C)C1CCC(O)C(CN(CCO)CC(F)(F)F)C1. The molecule has 1 rings (SSSR count). The summed E-state index contributed by atoms with van der Waals surface area (Å²) in [6.07, 6.45) is -2.44. The van der Waals surface area contributed by atoms with Gasteiger partial charge >= 0.3 is 6.18 Å². The maximum atomic E-state index is 12.5. The molecule has 1 aliphatic carbocycles. The van der Waals surface area contributed by atoms with Crippen molar-refractivity contribution in [1.29, 1.82) is 0 Å². The number of hydrogen-bond donors (Lipinski definition) is 2. The van der Waals surface area contributed by atoms with E-state index in [0.717, 1.165) is 12.8 Å². The van der Waals surface area contributed by atoms with Crippen molar-refractivity contribution in [2.75, 3.05) is 26.2 Å². The summed E-state index contributed by atoms with van der Waals surface area (Å²) in [5.41, 5.74) is 0. The van der Waals surface area contributed by atoms with Gasteiger partial charge in [0.15, 0.2) is 0 Å². The predicted octanol–water partition coefficient (Wildman–Crippen LogP) is 2.28. The van der Waals surface area contributed by atoms with Crippen molar-refractivity contribution in [3.63, 3.8) is 0 Å². The standard InChI is InChI=1S/C14H26F3NO2/c1-10(2)11-3-4-13(20)12(7-11)8-18(5-6-19)9-14(15,16)17/h10-13,19-20H,3-9H2,1-2H3. The van der Waals surface area contributed by atoms with Crippen LogP contribution in [0.4, 0.5) is 13.2 Å². The Balaban J connectivity index is 2.60. The van der Waals surface area contributed by atoms with Crippen molar-refractivity contribution in [2.24, 2.45) is 17.8 Å². The zero-order valence-corrected chi connectivity index (χ0v) is 12.2. The molecular weight excluding hydrogens is 271 g/mol. The van der Waals surface area contributed by atoms with Gasteiger partial charge in [0, 0.05) is 13.1 Å². The van der Waals surface area contributed by atoms with Crippen LogP contribution in [-0.4, -0.2) is 53.6 Å². The van der Waals surface area contributed by atoms with Gasteiger partial charge < -0.3 is 10.2 Å². The molecule has 120 valence electrons. The predicted molar refractivity (Wildman–Crippen MR) is 71.3 cm³/mol. The lowest BCUT2D eigenvalue weighted by Crippen LogP contribution is -2.44. The van der Waals surface area contributed by atoms with E-state index in [1.54, 1.807) is 0 Å². The maximum Gasteiger partial charge on any atom is 0.401 e. The molecule has 0 heterocycles. The van der Waals surface area contributed by atoms with Gasteiger partial charge in [-0.25, -0.2) is 0 Å². The second-order valence-electron chi connectivity index (χ2n) is 6.22. The van der Waals surface area contributed by atoms with E-state index >= 15 is 0 Å². The van der Waals surface area contributed by atoms with Gasteiger partial charge in [-0.1, -0.05) is 13.8 Å². The zero-order chi connectivity index (χ0) is 15.3. The molecule has 0 spiro atoms. The molecule has 1 saturated carbocycles. The second-order valence-corrected chi connectivity index (χ2v) is 6.22. The van der Waals surface area contributed by atoms with Crippen LogP contribution < -0.4 is 0 Å². The fourth-order valence-electron chi connectivity index (χ4n) is 3.05. The first-order chi connectivity index (χ1) is 9.23. The Hall–Kier alpha value is -0.330. The van der Waals surface area contributed by atoms with E-state index in [1.165, 1.54) is 4.90 Å². The van der Waals surface area contributed by atoms with Crippen LogP contribution in [0, 0.1) is 17.8 Å². The first-order valence-corrected chi connectivity index (χ1v) is 7.31. The highest BCUT2D eigenvalue weighted by atomic mass is 19.4. The average Bonchev–Trinajstić information content (AvgIpc) is 2.29. The molecule has 3 nitrogen and oxygen atoms in total. The number of aliphatic hydroxyl groups excluding tert-OH is 2. The topological polar surface area (TPSA) is 43.7 Å². The minimum absolute atomic E-state index is 0.00489. The summed E-state index contributed by atoms with van der Waals surface area (Å²) in [5, 5.41) is 18.9. The Kier molecular flexibility index (Phi) is 6.75. The van der Waals surface area contributed by atoms with Crippen LogP contribution in [0.25, 0.3) is 0 Å². The molecule has 1 fully saturated rings. The molecule has 0 amide bonds. The van der Waals surface area contributed by atoms with Gasteiger partial charge in [0.25, 0.3) is 0 Å². The van der Waals surface area contributed by atoms with Crippen molar-refractivity contribution < 1.29 is 23.4 Å². The number of alkyl halides is 3. The summed E-state index contributed by atoms with van der Waals surface area (Å²) in [6.45, 7) is 3.09. The molecule has 0 bridgehead atoms. The molecule has 2 N–H and O–H groups in total. The van der Waals surface area contributed by atoms with Gasteiger partial charge in [-0.05, 0) is 37.0 Å². The lowest BCUT2D eigenvalue weighted by molar-refractivity contribution is -0.150. The Morgan fingerprint density at radius 2 is 1.90 bits per heavy atom. The molecule has 20 heavy (non-hydrogen) atoms. The molecule has 0 aliphatic heterocycles. The van der Waals surface area contributed by atoms with E-state index in [0.29, 0.717) is 18.3 Å². The van der Waals surface area contributed by atoms with E-state index in [-0.39, 0.29) is 25.6 Å². The molecule has 3 atom stereocenters. The van der Waals surface area contributed by atoms with Gasteiger partial charge in [-0.2, -0.15) is 13.2 Å². The van der Waals surface area contributed by atoms with Crippen molar-refractivity contribution in [1.82, 2.24) is 4.90 Å². The van der Waals surface area contributed by atoms with Crippen LogP contribution in [0.15, 0.2) is 0 Å². The van der Waals surface area contributed by atoms with Crippen LogP contribution in [0.2, 0.25) is 0 Å². The summed E-state index contributed by atoms with van der Waals surface area (Å²) < 4.78 is 37.5. The number of rotatable bonds is 6. The maximum absolute atomic E-state index is 12.5. The van der Waals surface area contributed by atoms with E-state index in [4.69, 9.17) is 5.11 Å². The highest BCUT2D eigenvalue weighted by Gasteiger charge is 2.35. The van der Waals surface area contributed by atoms with Crippen molar-refractivity contribution >= 4 is 0 Å². The third-order valence-corrected chi connectivity index (χ3v) is 4.24. The third kappa shape index (κ3) is 5.97. The minimum Gasteiger partial charge on any atom is -0.395 e. The van der Waals surface area contributed by atoms with Crippen LogP contribution in [0.3, 0.4) is 0 Å². The minimum atomic E-state index is -4.27. The second kappa shape index (κ2) is 7.61. The monoisotopic (exact) mass is 297 g/mol. The Bertz CT molecular complexity index is 284. The molecule has 0 aromatic carbocycles. The molecule has 0 aromatic heterocycles. The third-order valence-electron chi connectivity index (χ3n) is 4.24. The summed E-state index contributed by atoms with van der Waals surface area (Å²) in [6, 6.07) is 0. The Labute approximate surface area is 118 Å². The lowest BCUT2D eigenvalue weighted by atomic mass is 9.74. The molecular formula is C14H26F3NO2. The van der Waals surface area contributed by atoms with E-state index in [9.17, 15) is 18.3 Å². The normalized spacial score (nSPS) is 28.4. The van der Waals surface area contributed by atoms with E-state index in [2.05, 4.69) is 13.8 Å². The van der Waals surface area contributed by atoms with Gasteiger partial charge in [0.1, 0.15) is 0 Å². The number of nitrogens with zero attached hydrogens (tertiary/aromatic N) is 1. The number of hydrogen-bond acceptors (Lipinski definition) is 3. The van der Waals surface area contributed by atoms with Crippen molar-refractivity contribution in [3.05, 3.63) is 0 Å². The first-order valence-electron chi connectivity index (χ1n) is 7.31. The van der Waals surface area contributed by atoms with Gasteiger partial charge in [-0.15, -0.1) is 0 Å². The van der Waals surface area contributed by atoms with Crippen LogP contribution in [-0.2, 0) is 0 Å². The molecule has 0 saturated heterocycles. The summed E-state index contributed by atoms with van der Waals surface area (Å²) in [4.78, 5) is 1.20. The lowest BCUT2D eigenvalue weighted by Gasteiger charge is -2.38. The molecule has 6 heteroatoms. The Morgan fingerprint density at radius 3 is 2.40 bits per heavy atom. The van der Waals surface area contributed by atoms with Crippen LogP contribution >= 0.6 is 0 Å². The fraction of sp³-hybridized carbons (Fsp3) is 1.00. The fourth-order valence-corrected chi connectivity index (χ4v) is 3.05. The van der Waals surface area contributed by atoms with Crippen LogP contribution in [0.1, 0.15) is 33.1 Å². The Morgan fingerprint density at radius 1 is 1.25 bits per heavy atom. The zero-order valence-electron chi connectivity index (χ0n) is 12.2. The van der Waals surface area contributed by atoms with Gasteiger partial charge in [0.05, 0.1) is 19.3 Å². The highest BCUT2D eigenvalue weighted by Crippen LogP contribution is 2.34. The van der Waals surface area contributed by atoms with E-state index < -0.39 is 18.8 Å².